The van der Waals surface area contributed by atoms with Gasteiger partial charge in [-0.3, -0.25) is 4.57 Å². The molecule has 0 spiro atoms. The van der Waals surface area contributed by atoms with Crippen LogP contribution in [0.25, 0.3) is 5.31 Å². The maximum Gasteiger partial charge on any atom is 0.218 e. The van der Waals surface area contributed by atoms with Crippen LogP contribution in [0.15, 0.2) is 36.9 Å². The van der Waals surface area contributed by atoms with E-state index in [2.05, 4.69) is 18.8 Å². The third-order valence-electron chi connectivity index (χ3n) is 1.38. The van der Waals surface area contributed by atoms with Gasteiger partial charge in [-0.25, -0.2) is 5.41 Å². The Hall–Kier alpha value is -1.05. The van der Waals surface area contributed by atoms with Gasteiger partial charge in [0.1, 0.15) is 0 Å². The SMILES string of the molecule is C=C(c1ccccc1)[PH](=O)O.N=C=S. The van der Waals surface area contributed by atoms with Crippen molar-refractivity contribution in [3.8, 4) is 0 Å². The first-order valence-electron chi connectivity index (χ1n) is 3.65. The highest BCUT2D eigenvalue weighted by atomic mass is 32.1. The van der Waals surface area contributed by atoms with Gasteiger partial charge in [-0.15, -0.1) is 0 Å². The van der Waals surface area contributed by atoms with Gasteiger partial charge in [-0.1, -0.05) is 36.9 Å². The Labute approximate surface area is 88.5 Å². The van der Waals surface area contributed by atoms with Crippen molar-refractivity contribution in [3.63, 3.8) is 0 Å². The van der Waals surface area contributed by atoms with Crippen molar-refractivity contribution in [3.05, 3.63) is 42.5 Å². The Balaban J connectivity index is 0.000000500. The summed E-state index contributed by atoms with van der Waals surface area (Å²) in [4.78, 5) is 8.72. The number of isothiocyanates is 1. The Morgan fingerprint density at radius 1 is 1.50 bits per heavy atom. The third kappa shape index (κ3) is 4.85. The second-order valence-electron chi connectivity index (χ2n) is 2.25. The molecule has 1 atom stereocenters. The van der Waals surface area contributed by atoms with E-state index in [-0.39, 0.29) is 0 Å². The van der Waals surface area contributed by atoms with Crippen molar-refractivity contribution in [2.24, 2.45) is 0 Å². The zero-order valence-electron chi connectivity index (χ0n) is 7.36. The summed E-state index contributed by atoms with van der Waals surface area (Å²) >= 11 is 3.81. The van der Waals surface area contributed by atoms with E-state index in [4.69, 9.17) is 10.3 Å². The van der Waals surface area contributed by atoms with Gasteiger partial charge in [0.2, 0.25) is 8.03 Å². The smallest absolute Gasteiger partial charge is 0.218 e. The second-order valence-corrected chi connectivity index (χ2v) is 3.67. The number of hydrogen-bond donors (Lipinski definition) is 2. The summed E-state index contributed by atoms with van der Waals surface area (Å²) in [6.45, 7) is 3.51. The first kappa shape index (κ1) is 12.9. The van der Waals surface area contributed by atoms with E-state index in [1.807, 2.05) is 18.2 Å². The maximum absolute atomic E-state index is 10.6. The Morgan fingerprint density at radius 2 is 1.93 bits per heavy atom. The Morgan fingerprint density at radius 3 is 2.29 bits per heavy atom. The topological polar surface area (TPSA) is 61.1 Å². The van der Waals surface area contributed by atoms with Crippen LogP contribution >= 0.6 is 20.2 Å². The highest BCUT2D eigenvalue weighted by molar-refractivity contribution is 7.78. The fourth-order valence-electron chi connectivity index (χ4n) is 0.763. The fourth-order valence-corrected chi connectivity index (χ4v) is 1.18. The Bertz CT molecular complexity index is 358. The minimum Gasteiger partial charge on any atom is -0.343 e. The molecule has 1 aromatic rings. The van der Waals surface area contributed by atoms with Gasteiger partial charge in [0.25, 0.3) is 0 Å². The first-order chi connectivity index (χ1) is 6.63. The average Bonchev–Trinajstić information content (AvgIpc) is 2.19. The highest BCUT2D eigenvalue weighted by Gasteiger charge is 2.01. The second kappa shape index (κ2) is 7.36. The summed E-state index contributed by atoms with van der Waals surface area (Å²) in [5, 5.41) is 7.67. The number of rotatable bonds is 2. The van der Waals surface area contributed by atoms with Crippen LogP contribution in [0.1, 0.15) is 5.56 Å². The van der Waals surface area contributed by atoms with Crippen molar-refractivity contribution in [1.29, 1.82) is 5.41 Å². The van der Waals surface area contributed by atoms with Gasteiger partial charge in [0.15, 0.2) is 0 Å². The van der Waals surface area contributed by atoms with Gasteiger partial charge in [-0.05, 0) is 17.8 Å². The molecule has 0 aromatic heterocycles. The predicted octanol–water partition coefficient (Wildman–Crippen LogP) is 2.79. The predicted molar refractivity (Wildman–Crippen MR) is 62.0 cm³/mol. The van der Waals surface area contributed by atoms with E-state index < -0.39 is 8.03 Å². The lowest BCUT2D eigenvalue weighted by molar-refractivity contribution is 0.514. The summed E-state index contributed by atoms with van der Waals surface area (Å²) < 4.78 is 10.6. The largest absolute Gasteiger partial charge is 0.343 e. The monoisotopic (exact) mass is 227 g/mol. The lowest BCUT2D eigenvalue weighted by atomic mass is 10.2. The van der Waals surface area contributed by atoms with E-state index in [9.17, 15) is 4.57 Å². The molecular formula is C9H10NO2PS. The summed E-state index contributed by atoms with van der Waals surface area (Å²) in [5.41, 5.74) is 0.735. The van der Waals surface area contributed by atoms with Crippen molar-refractivity contribution in [1.82, 2.24) is 0 Å². The molecule has 0 aliphatic heterocycles. The van der Waals surface area contributed by atoms with Crippen molar-refractivity contribution in [2.45, 2.75) is 0 Å². The van der Waals surface area contributed by atoms with E-state index in [1.54, 1.807) is 17.3 Å². The summed E-state index contributed by atoms with van der Waals surface area (Å²) in [6, 6.07) is 9.00. The molecule has 0 saturated carbocycles. The van der Waals surface area contributed by atoms with Crippen molar-refractivity contribution >= 4 is 30.7 Å². The lowest BCUT2D eigenvalue weighted by Gasteiger charge is -1.98. The number of nitrogens with one attached hydrogen (secondary N) is 1. The molecule has 1 aromatic carbocycles. The van der Waals surface area contributed by atoms with E-state index >= 15 is 0 Å². The number of benzene rings is 1. The quantitative estimate of drug-likeness (QED) is 0.464. The standard InChI is InChI=1S/C8H9O2P.CHNS/c1-7(11(9)10)8-5-3-2-4-6-8;2-1-3/h2-6,11H,1H2,(H,9,10);2H. The van der Waals surface area contributed by atoms with Crippen LogP contribution in [-0.2, 0) is 4.57 Å². The maximum atomic E-state index is 10.6. The normalized spacial score (nSPS) is 10.4. The van der Waals surface area contributed by atoms with Crippen LogP contribution in [0, 0.1) is 5.41 Å². The zero-order chi connectivity index (χ0) is 11.0. The number of hydrogen-bond acceptors (Lipinski definition) is 3. The number of thiocarbonyl (C=S) groups is 1. The van der Waals surface area contributed by atoms with Gasteiger partial charge < -0.3 is 4.89 Å². The molecule has 0 bridgehead atoms. The molecule has 3 nitrogen and oxygen atoms in total. The van der Waals surface area contributed by atoms with Crippen LogP contribution in [0.2, 0.25) is 0 Å². The Kier molecular flexibility index (Phi) is 6.81. The van der Waals surface area contributed by atoms with Crippen LogP contribution in [0.4, 0.5) is 0 Å². The summed E-state index contributed by atoms with van der Waals surface area (Å²) in [5.74, 6) is 0. The lowest BCUT2D eigenvalue weighted by Crippen LogP contribution is -1.74. The molecule has 0 heterocycles. The zero-order valence-corrected chi connectivity index (χ0v) is 9.17. The van der Waals surface area contributed by atoms with Crippen LogP contribution in [-0.4, -0.2) is 10.1 Å². The fraction of sp³-hybridized carbons (Fsp3) is 0. The minimum absolute atomic E-state index is 0.315. The molecule has 0 aliphatic rings. The molecule has 1 unspecified atom stereocenters. The molecule has 74 valence electrons. The molecule has 2 N–H and O–H groups in total. The summed E-state index contributed by atoms with van der Waals surface area (Å²) in [7, 11) is -2.61. The summed E-state index contributed by atoms with van der Waals surface area (Å²) in [6.07, 6.45) is 0. The molecule has 0 amide bonds. The van der Waals surface area contributed by atoms with Gasteiger partial charge in [0.05, 0.1) is 5.16 Å². The highest BCUT2D eigenvalue weighted by Crippen LogP contribution is 2.33. The molecule has 5 heteroatoms. The van der Waals surface area contributed by atoms with Crippen LogP contribution in [0.5, 0.6) is 0 Å². The van der Waals surface area contributed by atoms with Crippen LogP contribution in [0.3, 0.4) is 0 Å². The van der Waals surface area contributed by atoms with E-state index in [1.165, 1.54) is 0 Å². The molecule has 0 saturated heterocycles. The average molecular weight is 227 g/mol. The minimum atomic E-state index is -2.61. The van der Waals surface area contributed by atoms with Crippen molar-refractivity contribution in [2.75, 3.05) is 0 Å². The molecule has 0 fully saturated rings. The molecular weight excluding hydrogens is 217 g/mol. The molecule has 1 rings (SSSR count). The van der Waals surface area contributed by atoms with Crippen molar-refractivity contribution < 1.29 is 9.46 Å². The molecule has 14 heavy (non-hydrogen) atoms. The molecule has 0 aliphatic carbocycles. The van der Waals surface area contributed by atoms with E-state index in [0.717, 1.165) is 5.56 Å². The first-order valence-corrected chi connectivity index (χ1v) is 5.41. The van der Waals surface area contributed by atoms with Gasteiger partial charge in [0, 0.05) is 5.31 Å². The third-order valence-corrected chi connectivity index (χ3v) is 2.19. The van der Waals surface area contributed by atoms with Gasteiger partial charge in [-0.2, -0.15) is 0 Å². The molecule has 0 radical (unpaired) electrons. The van der Waals surface area contributed by atoms with Gasteiger partial charge >= 0.3 is 0 Å². The van der Waals surface area contributed by atoms with E-state index in [0.29, 0.717) is 5.31 Å². The van der Waals surface area contributed by atoms with Crippen LogP contribution < -0.4 is 0 Å².